The molecule has 0 fully saturated rings. The molecular formula is C2H5CuSi. The smallest absolute Gasteiger partial charge is 0.0370 e. The van der Waals surface area contributed by atoms with Crippen molar-refractivity contribution in [1.82, 2.24) is 0 Å². The fourth-order valence-electron chi connectivity index (χ4n) is 0. The standard InChI is InChI=1S/C2H5Si.Cu/c1-2-3;/h2H,1,3H2;. The van der Waals surface area contributed by atoms with Crippen molar-refractivity contribution >= 4 is 10.2 Å². The summed E-state index contributed by atoms with van der Waals surface area (Å²) in [6.45, 7) is 3.37. The van der Waals surface area contributed by atoms with Crippen LogP contribution in [-0.2, 0) is 17.1 Å². The third-order valence-electron chi connectivity index (χ3n) is 0. The van der Waals surface area contributed by atoms with Crippen molar-refractivity contribution in [3.8, 4) is 0 Å². The summed E-state index contributed by atoms with van der Waals surface area (Å²) >= 11 is 0. The second kappa shape index (κ2) is 9.78. The molecule has 0 rings (SSSR count). The maximum atomic E-state index is 3.37. The van der Waals surface area contributed by atoms with Crippen molar-refractivity contribution in [1.29, 1.82) is 0 Å². The Morgan fingerprint density at radius 3 is 1.75 bits per heavy atom. The number of hydrogen-bond donors (Lipinski definition) is 0. The zero-order valence-electron chi connectivity index (χ0n) is 2.29. The Morgan fingerprint density at radius 1 is 1.75 bits per heavy atom. The first-order valence-electron chi connectivity index (χ1n) is 0.816. The van der Waals surface area contributed by atoms with E-state index in [2.05, 4.69) is 6.58 Å². The van der Waals surface area contributed by atoms with Crippen LogP contribution in [0.15, 0.2) is 12.3 Å². The minimum absolute atomic E-state index is 0. The quantitative estimate of drug-likeness (QED) is 0.388. The first kappa shape index (κ1) is 8.82. The zero-order chi connectivity index (χ0) is 2.71. The minimum atomic E-state index is 0. The molecule has 0 aromatic heterocycles. The van der Waals surface area contributed by atoms with Crippen molar-refractivity contribution in [2.45, 2.75) is 0 Å². The van der Waals surface area contributed by atoms with Gasteiger partial charge < -0.3 is 0 Å². The van der Waals surface area contributed by atoms with Crippen molar-refractivity contribution in [3.63, 3.8) is 0 Å². The maximum absolute atomic E-state index is 3.37. The molecule has 0 unspecified atom stereocenters. The molecule has 0 amide bonds. The Balaban J connectivity index is 0. The Kier molecular flexibility index (Phi) is 21.6. The van der Waals surface area contributed by atoms with Crippen LogP contribution >= 0.6 is 0 Å². The topological polar surface area (TPSA) is 0 Å². The van der Waals surface area contributed by atoms with Gasteiger partial charge in [-0.3, -0.25) is 0 Å². The monoisotopic (exact) mass is 120 g/mol. The molecular weight excluding hydrogens is 116 g/mol. The molecule has 2 heteroatoms. The van der Waals surface area contributed by atoms with Gasteiger partial charge in [0.2, 0.25) is 0 Å². The average molecular weight is 121 g/mol. The SMILES string of the molecule is C=C[SiH2].[Cu]. The summed E-state index contributed by atoms with van der Waals surface area (Å²) in [7, 11) is 1.74. The summed E-state index contributed by atoms with van der Waals surface area (Å²) in [5.41, 5.74) is 1.78. The summed E-state index contributed by atoms with van der Waals surface area (Å²) < 4.78 is 0. The largest absolute Gasteiger partial charge is 0.111 e. The van der Waals surface area contributed by atoms with Crippen LogP contribution in [-0.4, -0.2) is 10.2 Å². The predicted molar refractivity (Wildman–Crippen MR) is 18.7 cm³/mol. The minimum Gasteiger partial charge on any atom is -0.111 e. The second-order valence-electron chi connectivity index (χ2n) is 0.289. The zero-order valence-corrected chi connectivity index (χ0v) is 4.65. The van der Waals surface area contributed by atoms with Gasteiger partial charge in [-0.05, 0) is 0 Å². The van der Waals surface area contributed by atoms with Gasteiger partial charge in [-0.25, -0.2) is 0 Å². The van der Waals surface area contributed by atoms with E-state index in [1.807, 2.05) is 0 Å². The summed E-state index contributed by atoms with van der Waals surface area (Å²) in [6.07, 6.45) is 0. The molecule has 0 aliphatic heterocycles. The summed E-state index contributed by atoms with van der Waals surface area (Å²) in [5, 5.41) is 0. The van der Waals surface area contributed by atoms with Crippen LogP contribution in [0.3, 0.4) is 0 Å². The molecule has 0 spiro atoms. The molecule has 0 aliphatic rings. The predicted octanol–water partition coefficient (Wildman–Crippen LogP) is -0.240. The van der Waals surface area contributed by atoms with Crippen molar-refractivity contribution in [2.75, 3.05) is 0 Å². The van der Waals surface area contributed by atoms with Crippen LogP contribution < -0.4 is 0 Å². The van der Waals surface area contributed by atoms with Crippen LogP contribution in [0.4, 0.5) is 0 Å². The van der Waals surface area contributed by atoms with Gasteiger partial charge in [0.25, 0.3) is 0 Å². The van der Waals surface area contributed by atoms with Crippen LogP contribution in [0.5, 0.6) is 0 Å². The Hall–Kier alpha value is 0.476. The van der Waals surface area contributed by atoms with Crippen LogP contribution in [0, 0.1) is 0 Å². The van der Waals surface area contributed by atoms with E-state index in [1.165, 1.54) is 0 Å². The normalized spacial score (nSPS) is 3.25. The van der Waals surface area contributed by atoms with Gasteiger partial charge in [0.05, 0.1) is 0 Å². The first-order valence-corrected chi connectivity index (χ1v) is 1.63. The van der Waals surface area contributed by atoms with Crippen molar-refractivity contribution in [3.05, 3.63) is 12.3 Å². The molecule has 0 atom stereocenters. The van der Waals surface area contributed by atoms with Gasteiger partial charge in [-0.1, -0.05) is 0 Å². The molecule has 0 aromatic rings. The first-order chi connectivity index (χ1) is 1.41. The molecule has 0 saturated carbocycles. The van der Waals surface area contributed by atoms with E-state index in [1.54, 1.807) is 15.9 Å². The fraction of sp³-hybridized carbons (Fsp3) is 0. The molecule has 0 bridgehead atoms. The van der Waals surface area contributed by atoms with Gasteiger partial charge in [0.1, 0.15) is 0 Å². The molecule has 0 nitrogen and oxygen atoms in total. The second-order valence-corrected chi connectivity index (χ2v) is 0.866. The molecule has 28 valence electrons. The number of rotatable bonds is 0. The Bertz CT molecular complexity index is 13.5. The van der Waals surface area contributed by atoms with Crippen LogP contribution in [0.25, 0.3) is 0 Å². The molecule has 0 saturated heterocycles. The van der Waals surface area contributed by atoms with Gasteiger partial charge >= 0.3 is 0 Å². The van der Waals surface area contributed by atoms with Gasteiger partial charge in [-0.2, -0.15) is 0 Å². The van der Waals surface area contributed by atoms with Gasteiger partial charge in [0, 0.05) is 27.3 Å². The third-order valence-corrected chi connectivity index (χ3v) is 0. The molecule has 0 heterocycles. The fourth-order valence-corrected chi connectivity index (χ4v) is 0. The third kappa shape index (κ3) is 23.8. The summed E-state index contributed by atoms with van der Waals surface area (Å²) in [4.78, 5) is 0. The molecule has 0 N–H and O–H groups in total. The van der Waals surface area contributed by atoms with E-state index in [0.29, 0.717) is 0 Å². The molecule has 4 heavy (non-hydrogen) atoms. The van der Waals surface area contributed by atoms with Crippen molar-refractivity contribution in [2.24, 2.45) is 0 Å². The average Bonchev–Trinajstić information content (AvgIpc) is 0.918. The molecule has 2 radical (unpaired) electrons. The number of hydrogen-bond acceptors (Lipinski definition) is 0. The Labute approximate surface area is 40.2 Å². The summed E-state index contributed by atoms with van der Waals surface area (Å²) in [5.74, 6) is 0. The van der Waals surface area contributed by atoms with Gasteiger partial charge in [-0.15, -0.1) is 12.3 Å². The van der Waals surface area contributed by atoms with Crippen LogP contribution in [0.2, 0.25) is 0 Å². The van der Waals surface area contributed by atoms with Crippen LogP contribution in [0.1, 0.15) is 0 Å². The van der Waals surface area contributed by atoms with Gasteiger partial charge in [0.15, 0.2) is 0 Å². The van der Waals surface area contributed by atoms with E-state index in [0.717, 1.165) is 0 Å². The maximum Gasteiger partial charge on any atom is 0.0370 e. The molecule has 0 aromatic carbocycles. The van der Waals surface area contributed by atoms with E-state index in [9.17, 15) is 0 Å². The van der Waals surface area contributed by atoms with E-state index >= 15 is 0 Å². The Morgan fingerprint density at radius 2 is 1.75 bits per heavy atom. The van der Waals surface area contributed by atoms with E-state index in [-0.39, 0.29) is 17.1 Å². The van der Waals surface area contributed by atoms with E-state index < -0.39 is 0 Å². The summed E-state index contributed by atoms with van der Waals surface area (Å²) in [6, 6.07) is 0. The molecule has 0 aliphatic carbocycles. The van der Waals surface area contributed by atoms with E-state index in [4.69, 9.17) is 0 Å². The van der Waals surface area contributed by atoms with Crippen molar-refractivity contribution < 1.29 is 17.1 Å².